The van der Waals surface area contributed by atoms with E-state index in [-0.39, 0.29) is 11.0 Å². The van der Waals surface area contributed by atoms with Gasteiger partial charge in [0.1, 0.15) is 0 Å². The summed E-state index contributed by atoms with van der Waals surface area (Å²) < 4.78 is 23.4. The largest absolute Gasteiger partial charge is 0.374 e. The Hall–Kier alpha value is -0.160. The van der Waals surface area contributed by atoms with Gasteiger partial charge >= 0.3 is 0 Å². The maximum atomic E-state index is 6.28. The van der Waals surface area contributed by atoms with Gasteiger partial charge in [0.15, 0.2) is 0 Å². The molecular formula is C16H30O4. The molecule has 2 aliphatic heterocycles. The van der Waals surface area contributed by atoms with Crippen molar-refractivity contribution in [3.05, 3.63) is 0 Å². The van der Waals surface area contributed by atoms with E-state index in [1.54, 1.807) is 7.11 Å². The van der Waals surface area contributed by atoms with Crippen LogP contribution in [0.2, 0.25) is 0 Å². The monoisotopic (exact) mass is 286 g/mol. The van der Waals surface area contributed by atoms with Gasteiger partial charge in [0.05, 0.1) is 25.4 Å². The van der Waals surface area contributed by atoms with Gasteiger partial charge in [-0.25, -0.2) is 0 Å². The summed E-state index contributed by atoms with van der Waals surface area (Å²) >= 11 is 0. The van der Waals surface area contributed by atoms with E-state index in [9.17, 15) is 0 Å². The summed E-state index contributed by atoms with van der Waals surface area (Å²) in [6.07, 6.45) is 6.35. The first-order valence-electron chi connectivity index (χ1n) is 8.04. The lowest BCUT2D eigenvalue weighted by Crippen LogP contribution is -2.56. The van der Waals surface area contributed by atoms with Crippen LogP contribution in [0.1, 0.15) is 59.3 Å². The molecule has 2 rings (SSSR count). The normalized spacial score (nSPS) is 42.0. The smallest absolute Gasteiger partial charge is 0.282 e. The highest BCUT2D eigenvalue weighted by molar-refractivity contribution is 4.93. The van der Waals surface area contributed by atoms with Crippen LogP contribution in [0.5, 0.6) is 0 Å². The Balaban J connectivity index is 1.94. The lowest BCUT2D eigenvalue weighted by Gasteiger charge is -2.50. The molecule has 0 aliphatic carbocycles. The molecule has 20 heavy (non-hydrogen) atoms. The topological polar surface area (TPSA) is 36.9 Å². The highest BCUT2D eigenvalue weighted by Gasteiger charge is 2.49. The lowest BCUT2D eigenvalue weighted by atomic mass is 9.75. The summed E-state index contributed by atoms with van der Waals surface area (Å²) in [6.45, 7) is 8.55. The average Bonchev–Trinajstić information content (AvgIpc) is 2.52. The van der Waals surface area contributed by atoms with Crippen LogP contribution in [0.25, 0.3) is 0 Å². The molecule has 2 aliphatic rings. The van der Waals surface area contributed by atoms with Crippen molar-refractivity contribution in [2.24, 2.45) is 5.41 Å². The second kappa shape index (κ2) is 6.30. The van der Waals surface area contributed by atoms with Gasteiger partial charge in [-0.1, -0.05) is 27.2 Å². The van der Waals surface area contributed by atoms with Crippen LogP contribution in [0, 0.1) is 5.41 Å². The fourth-order valence-corrected chi connectivity index (χ4v) is 3.36. The molecule has 0 bridgehead atoms. The Morgan fingerprint density at radius 1 is 0.900 bits per heavy atom. The van der Waals surface area contributed by atoms with Crippen LogP contribution >= 0.6 is 0 Å². The van der Waals surface area contributed by atoms with Gasteiger partial charge in [-0.3, -0.25) is 0 Å². The van der Waals surface area contributed by atoms with Crippen molar-refractivity contribution in [3.63, 3.8) is 0 Å². The van der Waals surface area contributed by atoms with Crippen molar-refractivity contribution >= 4 is 0 Å². The Labute approximate surface area is 123 Å². The highest BCUT2D eigenvalue weighted by atomic mass is 16.9. The maximum absolute atomic E-state index is 6.28. The number of hydrogen-bond donors (Lipinski definition) is 0. The Morgan fingerprint density at radius 3 is 1.95 bits per heavy atom. The van der Waals surface area contributed by atoms with Gasteiger partial charge in [0, 0.05) is 18.9 Å². The molecule has 0 aromatic heterocycles. The third-order valence-corrected chi connectivity index (χ3v) is 5.09. The van der Waals surface area contributed by atoms with Crippen molar-refractivity contribution in [1.82, 2.24) is 0 Å². The van der Waals surface area contributed by atoms with Crippen molar-refractivity contribution in [2.75, 3.05) is 26.9 Å². The second-order valence-electron chi connectivity index (χ2n) is 6.39. The molecule has 118 valence electrons. The van der Waals surface area contributed by atoms with Crippen LogP contribution in [-0.4, -0.2) is 38.5 Å². The van der Waals surface area contributed by atoms with Crippen LogP contribution in [0.15, 0.2) is 0 Å². The third-order valence-electron chi connectivity index (χ3n) is 5.09. The van der Waals surface area contributed by atoms with Gasteiger partial charge in [0.25, 0.3) is 5.97 Å². The zero-order valence-electron chi connectivity index (χ0n) is 13.5. The van der Waals surface area contributed by atoms with E-state index >= 15 is 0 Å². The van der Waals surface area contributed by atoms with E-state index in [4.69, 9.17) is 18.9 Å². The Kier molecular flexibility index (Phi) is 5.11. The predicted octanol–water partition coefficient (Wildman–Crippen LogP) is 3.49. The number of rotatable bonds is 5. The lowest BCUT2D eigenvalue weighted by molar-refractivity contribution is -0.420. The average molecular weight is 286 g/mol. The summed E-state index contributed by atoms with van der Waals surface area (Å²) in [7, 11) is 1.64. The van der Waals surface area contributed by atoms with Gasteiger partial charge in [-0.05, 0) is 25.7 Å². The van der Waals surface area contributed by atoms with Crippen LogP contribution < -0.4 is 0 Å². The summed E-state index contributed by atoms with van der Waals surface area (Å²) in [5.41, 5.74) is 0.101. The second-order valence-corrected chi connectivity index (χ2v) is 6.39. The Bertz CT molecular complexity index is 292. The molecular weight excluding hydrogens is 256 g/mol. The standard InChI is InChI=1S/C16H30O4/c1-5-8-15(6-2)10-9-14(11-18-15)12-19-16(7-3,17-4)20-13-14/h5-13H2,1-4H3. The minimum Gasteiger partial charge on any atom is -0.374 e. The molecule has 0 amide bonds. The van der Waals surface area contributed by atoms with Crippen LogP contribution in [0.4, 0.5) is 0 Å². The van der Waals surface area contributed by atoms with Crippen molar-refractivity contribution in [2.45, 2.75) is 70.9 Å². The zero-order valence-corrected chi connectivity index (χ0v) is 13.5. The Morgan fingerprint density at radius 2 is 1.55 bits per heavy atom. The quantitative estimate of drug-likeness (QED) is 0.775. The molecule has 0 N–H and O–H groups in total. The van der Waals surface area contributed by atoms with Gasteiger partial charge in [0.2, 0.25) is 0 Å². The molecule has 2 saturated heterocycles. The van der Waals surface area contributed by atoms with Crippen LogP contribution in [0.3, 0.4) is 0 Å². The fourth-order valence-electron chi connectivity index (χ4n) is 3.36. The predicted molar refractivity (Wildman–Crippen MR) is 77.5 cm³/mol. The molecule has 1 atom stereocenters. The van der Waals surface area contributed by atoms with E-state index in [2.05, 4.69) is 13.8 Å². The minimum absolute atomic E-state index is 0.0175. The van der Waals surface area contributed by atoms with Gasteiger partial charge in [-0.15, -0.1) is 0 Å². The summed E-state index contributed by atoms with van der Waals surface area (Å²) in [4.78, 5) is 0. The molecule has 1 unspecified atom stereocenters. The van der Waals surface area contributed by atoms with Crippen molar-refractivity contribution in [3.8, 4) is 0 Å². The van der Waals surface area contributed by atoms with E-state index in [1.807, 2.05) is 6.92 Å². The molecule has 0 aromatic carbocycles. The molecule has 4 nitrogen and oxygen atoms in total. The van der Waals surface area contributed by atoms with E-state index in [0.29, 0.717) is 19.6 Å². The van der Waals surface area contributed by atoms with Crippen LogP contribution in [-0.2, 0) is 18.9 Å². The zero-order chi connectivity index (χ0) is 14.7. The molecule has 0 radical (unpaired) electrons. The van der Waals surface area contributed by atoms with Gasteiger partial charge in [-0.2, -0.15) is 0 Å². The number of methoxy groups -OCH3 is 1. The summed E-state index contributed by atoms with van der Waals surface area (Å²) in [6, 6.07) is 0. The first kappa shape index (κ1) is 16.2. The molecule has 2 heterocycles. The summed E-state index contributed by atoms with van der Waals surface area (Å²) in [5.74, 6) is -0.839. The third kappa shape index (κ3) is 3.03. The van der Waals surface area contributed by atoms with Crippen molar-refractivity contribution < 1.29 is 18.9 Å². The molecule has 4 heteroatoms. The molecule has 2 fully saturated rings. The minimum atomic E-state index is -0.839. The molecule has 0 aromatic rings. The van der Waals surface area contributed by atoms with E-state index in [1.165, 1.54) is 6.42 Å². The molecule has 1 spiro atoms. The first-order valence-corrected chi connectivity index (χ1v) is 8.04. The number of hydrogen-bond acceptors (Lipinski definition) is 4. The first-order chi connectivity index (χ1) is 9.57. The van der Waals surface area contributed by atoms with E-state index in [0.717, 1.165) is 32.3 Å². The van der Waals surface area contributed by atoms with Crippen molar-refractivity contribution in [1.29, 1.82) is 0 Å². The SMILES string of the molecule is CCCC1(CC)CCC2(CO1)COC(CC)(OC)OC2. The molecule has 0 saturated carbocycles. The fraction of sp³-hybridized carbons (Fsp3) is 1.00. The van der Waals surface area contributed by atoms with Gasteiger partial charge < -0.3 is 18.9 Å². The highest BCUT2D eigenvalue weighted by Crippen LogP contribution is 2.44. The summed E-state index contributed by atoms with van der Waals surface area (Å²) in [5, 5.41) is 0. The number of ether oxygens (including phenoxy) is 4. The maximum Gasteiger partial charge on any atom is 0.282 e. The van der Waals surface area contributed by atoms with E-state index < -0.39 is 5.97 Å².